The first kappa shape index (κ1) is 18.8. The Hall–Kier alpha value is -2.54. The fourth-order valence-electron chi connectivity index (χ4n) is 1.92. The summed E-state index contributed by atoms with van der Waals surface area (Å²) in [5, 5.41) is 7.70. The summed E-state index contributed by atoms with van der Waals surface area (Å²) in [7, 11) is 0. The average molecular weight is 359 g/mol. The molecular formula is C18H21N3O3S. The summed E-state index contributed by atoms with van der Waals surface area (Å²) in [6.07, 6.45) is 0.0895. The molecule has 0 unspecified atom stereocenters. The Morgan fingerprint density at radius 1 is 1.16 bits per heavy atom. The van der Waals surface area contributed by atoms with Crippen molar-refractivity contribution in [3.63, 3.8) is 0 Å². The number of hydrogen-bond acceptors (Lipinski definition) is 5. The highest BCUT2D eigenvalue weighted by Gasteiger charge is 2.22. The Kier molecular flexibility index (Phi) is 5.69. The molecule has 0 bridgehead atoms. The zero-order valence-electron chi connectivity index (χ0n) is 14.7. The van der Waals surface area contributed by atoms with Gasteiger partial charge in [-0.2, -0.15) is 0 Å². The standard InChI is InChI=1S/C18H21N3O3S/c1-11(22)12-6-5-7-13(8-12)19-15(23)9-14-10-25-17(20-14)21-16(24)18(2,3)4/h5-8,10H,9H2,1-4H3,(H,19,23)(H,20,21,24). The maximum absolute atomic E-state index is 12.1. The second-order valence-electron chi connectivity index (χ2n) is 6.71. The van der Waals surface area contributed by atoms with Gasteiger partial charge in [0.2, 0.25) is 11.8 Å². The van der Waals surface area contributed by atoms with Crippen LogP contribution >= 0.6 is 11.3 Å². The smallest absolute Gasteiger partial charge is 0.231 e. The van der Waals surface area contributed by atoms with Crippen molar-refractivity contribution >= 4 is 39.8 Å². The highest BCUT2D eigenvalue weighted by molar-refractivity contribution is 7.13. The molecule has 0 aliphatic heterocycles. The Labute approximate surface area is 150 Å². The topological polar surface area (TPSA) is 88.2 Å². The number of thiazole rings is 1. The lowest BCUT2D eigenvalue weighted by molar-refractivity contribution is -0.123. The molecule has 25 heavy (non-hydrogen) atoms. The van der Waals surface area contributed by atoms with E-state index in [9.17, 15) is 14.4 Å². The van der Waals surface area contributed by atoms with Gasteiger partial charge < -0.3 is 10.6 Å². The monoisotopic (exact) mass is 359 g/mol. The third kappa shape index (κ3) is 5.49. The number of carbonyl (C=O) groups is 3. The minimum atomic E-state index is -0.509. The highest BCUT2D eigenvalue weighted by Crippen LogP contribution is 2.21. The Morgan fingerprint density at radius 2 is 1.88 bits per heavy atom. The van der Waals surface area contributed by atoms with Gasteiger partial charge in [-0.05, 0) is 19.1 Å². The number of nitrogens with zero attached hydrogens (tertiary/aromatic N) is 1. The molecule has 0 atom stereocenters. The molecule has 0 spiro atoms. The van der Waals surface area contributed by atoms with Gasteiger partial charge in [0.1, 0.15) is 0 Å². The van der Waals surface area contributed by atoms with Crippen LogP contribution in [0, 0.1) is 5.41 Å². The predicted octanol–water partition coefficient (Wildman–Crippen LogP) is 3.51. The van der Waals surface area contributed by atoms with Crippen LogP contribution in [0.15, 0.2) is 29.6 Å². The lowest BCUT2D eigenvalue weighted by Gasteiger charge is -2.15. The van der Waals surface area contributed by atoms with E-state index in [0.717, 1.165) is 0 Å². The van der Waals surface area contributed by atoms with Gasteiger partial charge in [-0.1, -0.05) is 32.9 Å². The van der Waals surface area contributed by atoms with Crippen molar-refractivity contribution < 1.29 is 14.4 Å². The zero-order valence-corrected chi connectivity index (χ0v) is 15.5. The van der Waals surface area contributed by atoms with Crippen molar-refractivity contribution in [2.45, 2.75) is 34.1 Å². The summed E-state index contributed by atoms with van der Waals surface area (Å²) in [6, 6.07) is 6.77. The molecule has 1 heterocycles. The first-order chi connectivity index (χ1) is 11.6. The number of nitrogens with one attached hydrogen (secondary N) is 2. The molecule has 7 heteroatoms. The zero-order chi connectivity index (χ0) is 18.6. The Bertz CT molecular complexity index is 806. The maximum atomic E-state index is 12.1. The molecule has 0 fully saturated rings. The van der Waals surface area contributed by atoms with Crippen molar-refractivity contribution in [1.29, 1.82) is 0 Å². The first-order valence-electron chi connectivity index (χ1n) is 7.82. The molecule has 0 aliphatic carbocycles. The van der Waals surface area contributed by atoms with Gasteiger partial charge in [0, 0.05) is 22.0 Å². The summed E-state index contributed by atoms with van der Waals surface area (Å²) in [5.74, 6) is -0.423. The van der Waals surface area contributed by atoms with E-state index in [-0.39, 0.29) is 24.0 Å². The quantitative estimate of drug-likeness (QED) is 0.800. The molecule has 132 valence electrons. The number of amides is 2. The van der Waals surface area contributed by atoms with Crippen molar-refractivity contribution in [3.05, 3.63) is 40.9 Å². The number of anilines is 2. The van der Waals surface area contributed by atoms with Gasteiger partial charge in [0.25, 0.3) is 0 Å². The molecule has 1 aromatic heterocycles. The highest BCUT2D eigenvalue weighted by atomic mass is 32.1. The van der Waals surface area contributed by atoms with E-state index in [4.69, 9.17) is 0 Å². The van der Waals surface area contributed by atoms with Gasteiger partial charge in [-0.15, -0.1) is 11.3 Å². The van der Waals surface area contributed by atoms with Crippen LogP contribution < -0.4 is 10.6 Å². The minimum Gasteiger partial charge on any atom is -0.326 e. The van der Waals surface area contributed by atoms with Gasteiger partial charge in [0.05, 0.1) is 12.1 Å². The molecular weight excluding hydrogens is 338 g/mol. The van der Waals surface area contributed by atoms with Gasteiger partial charge in [-0.25, -0.2) is 4.98 Å². The van der Waals surface area contributed by atoms with Crippen molar-refractivity contribution in [2.75, 3.05) is 10.6 Å². The third-order valence-electron chi connectivity index (χ3n) is 3.35. The Morgan fingerprint density at radius 3 is 2.52 bits per heavy atom. The lowest BCUT2D eigenvalue weighted by Crippen LogP contribution is -2.27. The molecule has 1 aromatic carbocycles. The van der Waals surface area contributed by atoms with E-state index in [0.29, 0.717) is 22.1 Å². The van der Waals surface area contributed by atoms with Crippen LogP contribution in [0.5, 0.6) is 0 Å². The van der Waals surface area contributed by atoms with Crippen LogP contribution in [-0.4, -0.2) is 22.6 Å². The van der Waals surface area contributed by atoms with Crippen molar-refractivity contribution in [1.82, 2.24) is 4.98 Å². The van der Waals surface area contributed by atoms with Gasteiger partial charge in [-0.3, -0.25) is 14.4 Å². The number of carbonyl (C=O) groups excluding carboxylic acids is 3. The number of benzene rings is 1. The van der Waals surface area contributed by atoms with Crippen LogP contribution in [0.25, 0.3) is 0 Å². The number of ketones is 1. The summed E-state index contributed by atoms with van der Waals surface area (Å²) in [6.45, 7) is 6.93. The normalized spacial score (nSPS) is 11.0. The predicted molar refractivity (Wildman–Crippen MR) is 99.0 cm³/mol. The average Bonchev–Trinajstić information content (AvgIpc) is 2.93. The molecule has 0 saturated heterocycles. The second kappa shape index (κ2) is 7.57. The number of Topliss-reactive ketones (excluding diaryl/α,β-unsaturated/α-hetero) is 1. The van der Waals surface area contributed by atoms with E-state index in [1.165, 1.54) is 18.3 Å². The molecule has 2 N–H and O–H groups in total. The molecule has 2 amide bonds. The van der Waals surface area contributed by atoms with Crippen LogP contribution in [0.4, 0.5) is 10.8 Å². The van der Waals surface area contributed by atoms with E-state index < -0.39 is 5.41 Å². The van der Waals surface area contributed by atoms with E-state index in [1.807, 2.05) is 20.8 Å². The first-order valence-corrected chi connectivity index (χ1v) is 8.70. The van der Waals surface area contributed by atoms with Crippen LogP contribution in [0.3, 0.4) is 0 Å². The van der Waals surface area contributed by atoms with Crippen LogP contribution in [0.2, 0.25) is 0 Å². The molecule has 2 rings (SSSR count). The molecule has 0 radical (unpaired) electrons. The lowest BCUT2D eigenvalue weighted by atomic mass is 9.96. The second-order valence-corrected chi connectivity index (χ2v) is 7.57. The summed E-state index contributed by atoms with van der Waals surface area (Å²) in [5.41, 5.74) is 1.17. The van der Waals surface area contributed by atoms with Gasteiger partial charge >= 0.3 is 0 Å². The molecule has 6 nitrogen and oxygen atoms in total. The maximum Gasteiger partial charge on any atom is 0.231 e. The number of hydrogen-bond donors (Lipinski definition) is 2. The van der Waals surface area contributed by atoms with Crippen molar-refractivity contribution in [3.8, 4) is 0 Å². The summed E-state index contributed by atoms with van der Waals surface area (Å²) in [4.78, 5) is 39.7. The summed E-state index contributed by atoms with van der Waals surface area (Å²) < 4.78 is 0. The van der Waals surface area contributed by atoms with Crippen LogP contribution in [-0.2, 0) is 16.0 Å². The minimum absolute atomic E-state index is 0.0603. The van der Waals surface area contributed by atoms with Crippen LogP contribution in [0.1, 0.15) is 43.7 Å². The SMILES string of the molecule is CC(=O)c1cccc(NC(=O)Cc2csc(NC(=O)C(C)(C)C)n2)c1. The fraction of sp³-hybridized carbons (Fsp3) is 0.333. The van der Waals surface area contributed by atoms with Crippen molar-refractivity contribution in [2.24, 2.45) is 5.41 Å². The molecule has 2 aromatic rings. The molecule has 0 aliphatic rings. The van der Waals surface area contributed by atoms with E-state index >= 15 is 0 Å². The number of rotatable bonds is 5. The van der Waals surface area contributed by atoms with E-state index in [1.54, 1.807) is 29.6 Å². The fourth-order valence-corrected chi connectivity index (χ4v) is 2.62. The van der Waals surface area contributed by atoms with E-state index in [2.05, 4.69) is 15.6 Å². The summed E-state index contributed by atoms with van der Waals surface area (Å²) >= 11 is 1.28. The number of aromatic nitrogens is 1. The largest absolute Gasteiger partial charge is 0.326 e. The Balaban J connectivity index is 1.96. The van der Waals surface area contributed by atoms with Gasteiger partial charge in [0.15, 0.2) is 10.9 Å². The third-order valence-corrected chi connectivity index (χ3v) is 4.15. The molecule has 0 saturated carbocycles.